The van der Waals surface area contributed by atoms with Gasteiger partial charge in [-0.2, -0.15) is 0 Å². The van der Waals surface area contributed by atoms with Crippen molar-refractivity contribution in [3.05, 3.63) is 77.9 Å². The van der Waals surface area contributed by atoms with Gasteiger partial charge in [0, 0.05) is 18.0 Å². The number of para-hydroxylation sites is 1. The molecule has 0 spiro atoms. The first-order valence-electron chi connectivity index (χ1n) is 7.65. The van der Waals surface area contributed by atoms with Crippen LogP contribution in [0.25, 0.3) is 11.4 Å². The molecule has 26 heavy (non-hydrogen) atoms. The van der Waals surface area contributed by atoms with Crippen molar-refractivity contribution in [2.75, 3.05) is 12.4 Å². The Balaban J connectivity index is 1.79. The fraction of sp³-hybridized carbons (Fsp3) is 0.0526. The van der Waals surface area contributed by atoms with Gasteiger partial charge in [0.25, 0.3) is 5.91 Å². The molecule has 0 saturated carbocycles. The number of ether oxygens (including phenoxy) is 1. The summed E-state index contributed by atoms with van der Waals surface area (Å²) in [4.78, 5) is 32.4. The Hall–Kier alpha value is -3.61. The molecule has 6 nitrogen and oxygen atoms in total. The molecule has 3 aromatic rings. The summed E-state index contributed by atoms with van der Waals surface area (Å²) in [5.74, 6) is -0.999. The standard InChI is InChI=1S/C19H14FN3O3/c1-26-19(25)15-4-2-3-5-16(15)23-18(24)13-10-21-17(22-11-13)12-6-8-14(20)9-7-12/h2-11H,1H3,(H,23,24). The molecule has 0 bridgehead atoms. The van der Waals surface area contributed by atoms with E-state index in [0.29, 0.717) is 17.1 Å². The lowest BCUT2D eigenvalue weighted by Gasteiger charge is -2.09. The SMILES string of the molecule is COC(=O)c1ccccc1NC(=O)c1cnc(-c2ccc(F)cc2)nc1. The van der Waals surface area contributed by atoms with Crippen molar-refractivity contribution in [2.45, 2.75) is 0 Å². The van der Waals surface area contributed by atoms with Crippen LogP contribution in [0.15, 0.2) is 60.9 Å². The fourth-order valence-corrected chi connectivity index (χ4v) is 2.27. The minimum absolute atomic E-state index is 0.218. The van der Waals surface area contributed by atoms with Crippen molar-refractivity contribution in [2.24, 2.45) is 0 Å². The lowest BCUT2D eigenvalue weighted by molar-refractivity contribution is 0.0602. The van der Waals surface area contributed by atoms with Crippen LogP contribution < -0.4 is 5.32 Å². The Bertz CT molecular complexity index is 941. The van der Waals surface area contributed by atoms with Gasteiger partial charge in [-0.25, -0.2) is 19.2 Å². The van der Waals surface area contributed by atoms with E-state index in [4.69, 9.17) is 4.74 Å². The first-order valence-corrected chi connectivity index (χ1v) is 7.65. The van der Waals surface area contributed by atoms with Gasteiger partial charge in [0.2, 0.25) is 0 Å². The molecule has 3 rings (SSSR count). The Morgan fingerprint density at radius 2 is 1.65 bits per heavy atom. The zero-order valence-electron chi connectivity index (χ0n) is 13.8. The van der Waals surface area contributed by atoms with Crippen LogP contribution in [0.3, 0.4) is 0 Å². The van der Waals surface area contributed by atoms with Gasteiger partial charge in [-0.3, -0.25) is 4.79 Å². The molecular weight excluding hydrogens is 337 g/mol. The molecule has 1 aromatic heterocycles. The van der Waals surface area contributed by atoms with E-state index in [1.165, 1.54) is 31.6 Å². The third kappa shape index (κ3) is 3.72. The number of amides is 1. The van der Waals surface area contributed by atoms with Gasteiger partial charge in [0.15, 0.2) is 5.82 Å². The summed E-state index contributed by atoms with van der Waals surface area (Å²) < 4.78 is 17.7. The summed E-state index contributed by atoms with van der Waals surface area (Å²) in [6.45, 7) is 0. The van der Waals surface area contributed by atoms with Gasteiger partial charge in [0.05, 0.1) is 23.9 Å². The third-order valence-corrected chi connectivity index (χ3v) is 3.60. The van der Waals surface area contributed by atoms with Crippen molar-refractivity contribution in [3.8, 4) is 11.4 Å². The topological polar surface area (TPSA) is 81.2 Å². The van der Waals surface area contributed by atoms with Crippen LogP contribution >= 0.6 is 0 Å². The van der Waals surface area contributed by atoms with Crippen molar-refractivity contribution >= 4 is 17.6 Å². The number of methoxy groups -OCH3 is 1. The summed E-state index contributed by atoms with van der Waals surface area (Å²) in [5.41, 5.74) is 1.42. The Kier molecular flexibility index (Phi) is 4.98. The zero-order valence-corrected chi connectivity index (χ0v) is 13.8. The van der Waals surface area contributed by atoms with Crippen molar-refractivity contribution < 1.29 is 18.7 Å². The molecule has 0 saturated heterocycles. The van der Waals surface area contributed by atoms with E-state index >= 15 is 0 Å². The number of halogens is 1. The van der Waals surface area contributed by atoms with E-state index in [0.717, 1.165) is 0 Å². The number of carbonyl (C=O) groups is 2. The molecule has 130 valence electrons. The average Bonchev–Trinajstić information content (AvgIpc) is 2.68. The maximum Gasteiger partial charge on any atom is 0.339 e. The van der Waals surface area contributed by atoms with E-state index in [1.54, 1.807) is 36.4 Å². The van der Waals surface area contributed by atoms with Crippen LogP contribution in [-0.4, -0.2) is 29.0 Å². The minimum Gasteiger partial charge on any atom is -0.465 e. The number of hydrogen-bond acceptors (Lipinski definition) is 5. The molecule has 1 N–H and O–H groups in total. The van der Waals surface area contributed by atoms with Crippen molar-refractivity contribution in [1.82, 2.24) is 9.97 Å². The van der Waals surface area contributed by atoms with E-state index in [2.05, 4.69) is 15.3 Å². The number of carbonyl (C=O) groups excluding carboxylic acids is 2. The van der Waals surface area contributed by atoms with Crippen molar-refractivity contribution in [1.29, 1.82) is 0 Å². The highest BCUT2D eigenvalue weighted by Gasteiger charge is 2.15. The number of nitrogens with one attached hydrogen (secondary N) is 1. The molecular formula is C19H14FN3O3. The largest absolute Gasteiger partial charge is 0.465 e. The highest BCUT2D eigenvalue weighted by atomic mass is 19.1. The summed E-state index contributed by atoms with van der Waals surface area (Å²) in [7, 11) is 1.27. The highest BCUT2D eigenvalue weighted by molar-refractivity contribution is 6.07. The minimum atomic E-state index is -0.552. The number of aromatic nitrogens is 2. The molecule has 0 aliphatic rings. The molecule has 0 atom stereocenters. The van der Waals surface area contributed by atoms with Gasteiger partial charge in [-0.05, 0) is 36.4 Å². The zero-order chi connectivity index (χ0) is 18.5. The van der Waals surface area contributed by atoms with E-state index < -0.39 is 11.9 Å². The van der Waals surface area contributed by atoms with Gasteiger partial charge in [-0.15, -0.1) is 0 Å². The second-order valence-electron chi connectivity index (χ2n) is 5.29. The molecule has 0 radical (unpaired) electrons. The van der Waals surface area contributed by atoms with E-state index in [9.17, 15) is 14.0 Å². The summed E-state index contributed by atoms with van der Waals surface area (Å²) >= 11 is 0. The number of esters is 1. The van der Waals surface area contributed by atoms with Crippen LogP contribution in [0.4, 0.5) is 10.1 Å². The van der Waals surface area contributed by atoms with Gasteiger partial charge >= 0.3 is 5.97 Å². The normalized spacial score (nSPS) is 10.2. The van der Waals surface area contributed by atoms with Crippen LogP contribution in [0.5, 0.6) is 0 Å². The Labute approximate surface area is 148 Å². The van der Waals surface area contributed by atoms with Gasteiger partial charge in [0.1, 0.15) is 5.82 Å². The number of hydrogen-bond donors (Lipinski definition) is 1. The molecule has 0 aliphatic heterocycles. The van der Waals surface area contributed by atoms with Crippen LogP contribution in [0, 0.1) is 5.82 Å². The maximum absolute atomic E-state index is 13.0. The molecule has 1 amide bonds. The Morgan fingerprint density at radius 3 is 2.31 bits per heavy atom. The summed E-state index contributed by atoms with van der Waals surface area (Å²) in [5, 5.41) is 2.64. The lowest BCUT2D eigenvalue weighted by Crippen LogP contribution is -2.16. The molecule has 7 heteroatoms. The monoisotopic (exact) mass is 351 g/mol. The van der Waals surface area contributed by atoms with Crippen LogP contribution in [0.1, 0.15) is 20.7 Å². The predicted molar refractivity (Wildman–Crippen MR) is 93.2 cm³/mol. The van der Waals surface area contributed by atoms with Crippen LogP contribution in [0.2, 0.25) is 0 Å². The molecule has 2 aromatic carbocycles. The number of rotatable bonds is 4. The molecule has 1 heterocycles. The second-order valence-corrected chi connectivity index (χ2v) is 5.29. The second kappa shape index (κ2) is 7.52. The summed E-state index contributed by atoms with van der Waals surface area (Å²) in [6, 6.07) is 12.2. The van der Waals surface area contributed by atoms with E-state index in [-0.39, 0.29) is 16.9 Å². The van der Waals surface area contributed by atoms with Crippen molar-refractivity contribution in [3.63, 3.8) is 0 Å². The molecule has 0 aliphatic carbocycles. The highest BCUT2D eigenvalue weighted by Crippen LogP contribution is 2.18. The van der Waals surface area contributed by atoms with Gasteiger partial charge in [-0.1, -0.05) is 12.1 Å². The fourth-order valence-electron chi connectivity index (χ4n) is 2.27. The maximum atomic E-state index is 13.0. The smallest absolute Gasteiger partial charge is 0.339 e. The lowest BCUT2D eigenvalue weighted by atomic mass is 10.1. The first kappa shape index (κ1) is 17.2. The first-order chi connectivity index (χ1) is 12.6. The average molecular weight is 351 g/mol. The van der Waals surface area contributed by atoms with Crippen LogP contribution in [-0.2, 0) is 4.74 Å². The third-order valence-electron chi connectivity index (χ3n) is 3.60. The predicted octanol–water partition coefficient (Wildman–Crippen LogP) is 3.32. The Morgan fingerprint density at radius 1 is 1.00 bits per heavy atom. The number of nitrogens with zero attached hydrogens (tertiary/aromatic N) is 2. The molecule has 0 fully saturated rings. The number of benzene rings is 2. The number of anilines is 1. The van der Waals surface area contributed by atoms with Gasteiger partial charge < -0.3 is 10.1 Å². The summed E-state index contributed by atoms with van der Waals surface area (Å²) in [6.07, 6.45) is 2.73. The van der Waals surface area contributed by atoms with E-state index in [1.807, 2.05) is 0 Å². The quantitative estimate of drug-likeness (QED) is 0.729. The molecule has 0 unspecified atom stereocenters.